The van der Waals surface area contributed by atoms with Crippen molar-refractivity contribution in [3.63, 3.8) is 0 Å². The Morgan fingerprint density at radius 2 is 2.00 bits per heavy atom. The number of nitrogens with one attached hydrogen (secondary N) is 1. The van der Waals surface area contributed by atoms with Crippen LogP contribution < -0.4 is 11.3 Å². The quantitative estimate of drug-likeness (QED) is 0.375. The molecule has 0 saturated heterocycles. The number of halogens is 2. The first-order chi connectivity index (χ1) is 7.98. The molecule has 6 heteroatoms. The molecule has 0 unspecified atom stereocenters. The van der Waals surface area contributed by atoms with Crippen LogP contribution in [0.5, 0.6) is 0 Å². The van der Waals surface area contributed by atoms with Gasteiger partial charge in [0.15, 0.2) is 0 Å². The molecule has 0 bridgehead atoms. The lowest BCUT2D eigenvalue weighted by molar-refractivity contribution is -0.131. The van der Waals surface area contributed by atoms with Crippen molar-refractivity contribution < 1.29 is 4.79 Å². The third kappa shape index (κ3) is 2.12. The SMILES string of the molecule is CC1CC(C(=O)NN)(c2cc(Cl)nc(Cl)c2)C1. The van der Waals surface area contributed by atoms with Crippen molar-refractivity contribution in [3.8, 4) is 0 Å². The van der Waals surface area contributed by atoms with Gasteiger partial charge in [0.2, 0.25) is 5.91 Å². The van der Waals surface area contributed by atoms with E-state index in [9.17, 15) is 4.79 Å². The van der Waals surface area contributed by atoms with Crippen molar-refractivity contribution in [2.75, 3.05) is 0 Å². The first-order valence-electron chi connectivity index (χ1n) is 5.32. The first kappa shape index (κ1) is 12.6. The van der Waals surface area contributed by atoms with Gasteiger partial charge in [-0.05, 0) is 36.5 Å². The number of aromatic nitrogens is 1. The standard InChI is InChI=1S/C11H13Cl2N3O/c1-6-4-11(5-6,10(17)16-14)7-2-8(12)15-9(13)3-7/h2-3,6H,4-5,14H2,1H3,(H,16,17). The van der Waals surface area contributed by atoms with Crippen LogP contribution in [0.3, 0.4) is 0 Å². The predicted octanol–water partition coefficient (Wildman–Crippen LogP) is 2.05. The zero-order chi connectivity index (χ0) is 12.6. The van der Waals surface area contributed by atoms with E-state index in [-0.39, 0.29) is 16.2 Å². The molecule has 1 amide bonds. The van der Waals surface area contributed by atoms with E-state index in [1.54, 1.807) is 12.1 Å². The maximum atomic E-state index is 11.9. The summed E-state index contributed by atoms with van der Waals surface area (Å²) in [5.41, 5.74) is 2.39. The van der Waals surface area contributed by atoms with E-state index >= 15 is 0 Å². The molecule has 0 radical (unpaired) electrons. The summed E-state index contributed by atoms with van der Waals surface area (Å²) in [5, 5.41) is 0.576. The summed E-state index contributed by atoms with van der Waals surface area (Å²) in [7, 11) is 0. The van der Waals surface area contributed by atoms with Crippen LogP contribution in [0.25, 0.3) is 0 Å². The number of amides is 1. The molecule has 0 spiro atoms. The summed E-state index contributed by atoms with van der Waals surface area (Å²) in [4.78, 5) is 15.8. The molecule has 92 valence electrons. The highest BCUT2D eigenvalue weighted by Gasteiger charge is 2.49. The Kier molecular flexibility index (Phi) is 3.30. The van der Waals surface area contributed by atoms with Crippen LogP contribution >= 0.6 is 23.2 Å². The second-order valence-corrected chi connectivity index (χ2v) is 5.34. The van der Waals surface area contributed by atoms with Gasteiger partial charge >= 0.3 is 0 Å². The Morgan fingerprint density at radius 1 is 1.47 bits per heavy atom. The highest BCUT2D eigenvalue weighted by atomic mass is 35.5. The number of nitrogens with two attached hydrogens (primary N) is 1. The fourth-order valence-electron chi connectivity index (χ4n) is 2.56. The molecule has 1 fully saturated rings. The Hall–Kier alpha value is -0.840. The minimum absolute atomic E-state index is 0.200. The van der Waals surface area contributed by atoms with Gasteiger partial charge in [-0.1, -0.05) is 30.1 Å². The number of hydrogen-bond donors (Lipinski definition) is 2. The van der Waals surface area contributed by atoms with E-state index in [0.717, 1.165) is 18.4 Å². The first-order valence-corrected chi connectivity index (χ1v) is 6.08. The van der Waals surface area contributed by atoms with E-state index < -0.39 is 5.41 Å². The molecule has 3 N–H and O–H groups in total. The Bertz CT molecular complexity index is 438. The van der Waals surface area contributed by atoms with Gasteiger partial charge in [0, 0.05) is 0 Å². The maximum absolute atomic E-state index is 11.9. The molecule has 1 aromatic rings. The smallest absolute Gasteiger partial charge is 0.244 e. The van der Waals surface area contributed by atoms with Crippen LogP contribution in [-0.4, -0.2) is 10.9 Å². The van der Waals surface area contributed by atoms with Crippen LogP contribution in [0.4, 0.5) is 0 Å². The van der Waals surface area contributed by atoms with E-state index in [2.05, 4.69) is 17.3 Å². The molecule has 1 aliphatic carbocycles. The van der Waals surface area contributed by atoms with Gasteiger partial charge in [-0.25, -0.2) is 10.8 Å². The Morgan fingerprint density at radius 3 is 2.41 bits per heavy atom. The van der Waals surface area contributed by atoms with Crippen molar-refractivity contribution >= 4 is 29.1 Å². The molecule has 1 aliphatic rings. The summed E-state index contributed by atoms with van der Waals surface area (Å²) < 4.78 is 0. The monoisotopic (exact) mass is 273 g/mol. The summed E-state index contributed by atoms with van der Waals surface area (Å²) in [5.74, 6) is 5.53. The minimum Gasteiger partial charge on any atom is -0.293 e. The third-order valence-corrected chi connectivity index (χ3v) is 3.66. The zero-order valence-corrected chi connectivity index (χ0v) is 10.8. The molecular weight excluding hydrogens is 261 g/mol. The number of carbonyl (C=O) groups is 1. The lowest BCUT2D eigenvalue weighted by atomic mass is 9.59. The second-order valence-electron chi connectivity index (χ2n) is 4.57. The largest absolute Gasteiger partial charge is 0.293 e. The molecule has 0 aliphatic heterocycles. The third-order valence-electron chi connectivity index (χ3n) is 3.27. The second kappa shape index (κ2) is 4.44. The lowest BCUT2D eigenvalue weighted by Crippen LogP contribution is -2.54. The summed E-state index contributed by atoms with van der Waals surface area (Å²) in [6.07, 6.45) is 1.49. The summed E-state index contributed by atoms with van der Waals surface area (Å²) >= 11 is 11.7. The zero-order valence-electron chi connectivity index (χ0n) is 9.34. The summed E-state index contributed by atoms with van der Waals surface area (Å²) in [6, 6.07) is 3.35. The molecule has 1 heterocycles. The molecule has 0 atom stereocenters. The average molecular weight is 274 g/mol. The van der Waals surface area contributed by atoms with Crippen molar-refractivity contribution in [2.45, 2.75) is 25.2 Å². The molecular formula is C11H13Cl2N3O. The van der Waals surface area contributed by atoms with Crippen molar-refractivity contribution in [3.05, 3.63) is 28.0 Å². The van der Waals surface area contributed by atoms with Crippen molar-refractivity contribution in [2.24, 2.45) is 11.8 Å². The van der Waals surface area contributed by atoms with Gasteiger partial charge in [0.25, 0.3) is 0 Å². The van der Waals surface area contributed by atoms with Gasteiger partial charge < -0.3 is 0 Å². The Labute approximate surface area is 109 Å². The molecule has 17 heavy (non-hydrogen) atoms. The highest BCUT2D eigenvalue weighted by molar-refractivity contribution is 6.32. The molecule has 2 rings (SSSR count). The van der Waals surface area contributed by atoms with Crippen molar-refractivity contribution in [1.82, 2.24) is 10.4 Å². The van der Waals surface area contributed by atoms with E-state index in [1.807, 2.05) is 0 Å². The van der Waals surface area contributed by atoms with Crippen molar-refractivity contribution in [1.29, 1.82) is 0 Å². The minimum atomic E-state index is -0.607. The molecule has 1 aromatic heterocycles. The van der Waals surface area contributed by atoms with Crippen LogP contribution in [0, 0.1) is 5.92 Å². The fraction of sp³-hybridized carbons (Fsp3) is 0.455. The number of pyridine rings is 1. The van der Waals surface area contributed by atoms with Crippen LogP contribution in [0.1, 0.15) is 25.3 Å². The highest BCUT2D eigenvalue weighted by Crippen LogP contribution is 2.48. The van der Waals surface area contributed by atoms with Gasteiger partial charge in [0.05, 0.1) is 5.41 Å². The predicted molar refractivity (Wildman–Crippen MR) is 66.7 cm³/mol. The number of carbonyl (C=O) groups excluding carboxylic acids is 1. The fourth-order valence-corrected chi connectivity index (χ4v) is 3.02. The number of hydrogen-bond acceptors (Lipinski definition) is 3. The number of hydrazine groups is 1. The van der Waals surface area contributed by atoms with Crippen LogP contribution in [-0.2, 0) is 10.2 Å². The number of rotatable bonds is 2. The number of nitrogens with zero attached hydrogens (tertiary/aromatic N) is 1. The van der Waals surface area contributed by atoms with Gasteiger partial charge in [-0.15, -0.1) is 0 Å². The molecule has 0 aromatic carbocycles. The van der Waals surface area contributed by atoms with Gasteiger partial charge in [-0.2, -0.15) is 0 Å². The summed E-state index contributed by atoms with van der Waals surface area (Å²) in [6.45, 7) is 2.09. The van der Waals surface area contributed by atoms with E-state index in [1.165, 1.54) is 0 Å². The van der Waals surface area contributed by atoms with Gasteiger partial charge in [-0.3, -0.25) is 10.2 Å². The van der Waals surface area contributed by atoms with E-state index in [0.29, 0.717) is 5.92 Å². The van der Waals surface area contributed by atoms with Crippen LogP contribution in [0.2, 0.25) is 10.3 Å². The van der Waals surface area contributed by atoms with Crippen LogP contribution in [0.15, 0.2) is 12.1 Å². The Balaban J connectivity index is 2.43. The van der Waals surface area contributed by atoms with Gasteiger partial charge in [0.1, 0.15) is 10.3 Å². The maximum Gasteiger partial charge on any atom is 0.244 e. The topological polar surface area (TPSA) is 68.0 Å². The normalized spacial score (nSPS) is 27.4. The molecule has 1 saturated carbocycles. The average Bonchev–Trinajstić information content (AvgIpc) is 2.22. The molecule has 4 nitrogen and oxygen atoms in total. The van der Waals surface area contributed by atoms with E-state index in [4.69, 9.17) is 29.0 Å². The lowest BCUT2D eigenvalue weighted by Gasteiger charge is -2.45.